The van der Waals surface area contributed by atoms with Crippen molar-refractivity contribution in [3.63, 3.8) is 0 Å². The first-order chi connectivity index (χ1) is 10.5. The van der Waals surface area contributed by atoms with Crippen LogP contribution in [0.5, 0.6) is 0 Å². The molecule has 0 aliphatic carbocycles. The molecule has 1 aromatic rings. The molecule has 0 saturated carbocycles. The fourth-order valence-electron chi connectivity index (χ4n) is 2.06. The highest BCUT2D eigenvalue weighted by atomic mass is 32.1. The molecule has 2 amide bonds. The number of thiazole rings is 1. The molecule has 7 nitrogen and oxygen atoms in total. The predicted octanol–water partition coefficient (Wildman–Crippen LogP) is 1.49. The quantitative estimate of drug-likeness (QED) is 0.887. The second-order valence-electron chi connectivity index (χ2n) is 5.62. The molecule has 1 N–H and O–H groups in total. The number of hydrogen-bond donors (Lipinski definition) is 1. The van der Waals surface area contributed by atoms with E-state index in [1.165, 1.54) is 11.3 Å². The van der Waals surface area contributed by atoms with Gasteiger partial charge in [-0.15, -0.1) is 11.3 Å². The van der Waals surface area contributed by atoms with E-state index in [4.69, 9.17) is 4.74 Å². The summed E-state index contributed by atoms with van der Waals surface area (Å²) in [5, 5.41) is 5.19. The van der Waals surface area contributed by atoms with Gasteiger partial charge in [0.1, 0.15) is 0 Å². The Morgan fingerprint density at radius 3 is 2.68 bits per heavy atom. The Bertz CT molecular complexity index is 484. The van der Waals surface area contributed by atoms with Crippen molar-refractivity contribution >= 4 is 28.5 Å². The Kier molecular flexibility index (Phi) is 6.14. The third-order valence-corrected chi connectivity index (χ3v) is 3.91. The number of nitrogens with one attached hydrogen (secondary N) is 1. The van der Waals surface area contributed by atoms with Crippen LogP contribution in [-0.2, 0) is 9.53 Å². The third kappa shape index (κ3) is 5.27. The van der Waals surface area contributed by atoms with Crippen molar-refractivity contribution < 1.29 is 14.3 Å². The van der Waals surface area contributed by atoms with Gasteiger partial charge in [0, 0.05) is 37.8 Å². The van der Waals surface area contributed by atoms with E-state index in [1.54, 1.807) is 11.1 Å². The first-order valence-corrected chi connectivity index (χ1v) is 8.26. The average molecular weight is 326 g/mol. The molecule has 1 aliphatic rings. The van der Waals surface area contributed by atoms with Gasteiger partial charge in [-0.25, -0.2) is 9.78 Å². The minimum Gasteiger partial charge on any atom is -0.449 e. The normalized spacial score (nSPS) is 15.9. The molecule has 0 unspecified atom stereocenters. The molecule has 2 heterocycles. The molecule has 0 atom stereocenters. The lowest BCUT2D eigenvalue weighted by Crippen LogP contribution is -2.50. The van der Waals surface area contributed by atoms with E-state index < -0.39 is 0 Å². The zero-order chi connectivity index (χ0) is 15.9. The number of piperazine rings is 1. The van der Waals surface area contributed by atoms with Crippen LogP contribution in [0.4, 0.5) is 9.93 Å². The summed E-state index contributed by atoms with van der Waals surface area (Å²) in [6.45, 7) is 7.27. The number of amides is 2. The Morgan fingerprint density at radius 2 is 2.09 bits per heavy atom. The molecule has 8 heteroatoms. The fraction of sp³-hybridized carbons (Fsp3) is 0.643. The van der Waals surface area contributed by atoms with Gasteiger partial charge in [0.25, 0.3) is 0 Å². The van der Waals surface area contributed by atoms with Crippen LogP contribution in [-0.4, -0.2) is 66.1 Å². The lowest BCUT2D eigenvalue weighted by atomic mass is 10.2. The van der Waals surface area contributed by atoms with Crippen LogP contribution in [0.1, 0.15) is 13.8 Å². The van der Waals surface area contributed by atoms with Crippen LogP contribution in [0.15, 0.2) is 11.6 Å². The molecule has 122 valence electrons. The number of ether oxygens (including phenoxy) is 1. The first kappa shape index (κ1) is 16.7. The van der Waals surface area contributed by atoms with Crippen LogP contribution in [0.2, 0.25) is 0 Å². The van der Waals surface area contributed by atoms with Gasteiger partial charge >= 0.3 is 6.09 Å². The second-order valence-corrected chi connectivity index (χ2v) is 6.51. The Balaban J connectivity index is 1.68. The molecule has 1 aliphatic heterocycles. The van der Waals surface area contributed by atoms with Gasteiger partial charge in [-0.05, 0) is 5.92 Å². The van der Waals surface area contributed by atoms with Crippen molar-refractivity contribution in [3.8, 4) is 0 Å². The van der Waals surface area contributed by atoms with E-state index in [2.05, 4.69) is 10.3 Å². The van der Waals surface area contributed by atoms with Crippen LogP contribution >= 0.6 is 11.3 Å². The van der Waals surface area contributed by atoms with E-state index in [0.29, 0.717) is 50.4 Å². The van der Waals surface area contributed by atoms with Crippen LogP contribution < -0.4 is 5.32 Å². The molecule has 22 heavy (non-hydrogen) atoms. The lowest BCUT2D eigenvalue weighted by molar-refractivity contribution is -0.117. The summed E-state index contributed by atoms with van der Waals surface area (Å²) in [7, 11) is 0. The zero-order valence-corrected chi connectivity index (χ0v) is 13.8. The topological polar surface area (TPSA) is 74.8 Å². The van der Waals surface area contributed by atoms with E-state index in [-0.39, 0.29) is 12.0 Å². The van der Waals surface area contributed by atoms with Gasteiger partial charge in [0.05, 0.1) is 13.2 Å². The molecule has 0 spiro atoms. The number of anilines is 1. The molecule has 0 radical (unpaired) electrons. The molecule has 0 bridgehead atoms. The summed E-state index contributed by atoms with van der Waals surface area (Å²) in [4.78, 5) is 31.5. The monoisotopic (exact) mass is 326 g/mol. The summed E-state index contributed by atoms with van der Waals surface area (Å²) in [6, 6.07) is 0. The Labute approximate surface area is 134 Å². The van der Waals surface area contributed by atoms with Crippen molar-refractivity contribution in [2.75, 3.05) is 44.6 Å². The van der Waals surface area contributed by atoms with E-state index in [1.807, 2.05) is 24.1 Å². The maximum Gasteiger partial charge on any atom is 0.409 e. The molecular formula is C14H22N4O3S. The number of rotatable bonds is 5. The molecule has 1 fully saturated rings. The lowest BCUT2D eigenvalue weighted by Gasteiger charge is -2.33. The van der Waals surface area contributed by atoms with Crippen molar-refractivity contribution in [1.82, 2.24) is 14.8 Å². The minimum atomic E-state index is -0.263. The number of carbonyl (C=O) groups is 2. The maximum atomic E-state index is 11.9. The second kappa shape index (κ2) is 8.09. The molecule has 1 aromatic heterocycles. The van der Waals surface area contributed by atoms with E-state index in [0.717, 1.165) is 0 Å². The number of carbonyl (C=O) groups excluding carboxylic acids is 2. The van der Waals surface area contributed by atoms with Crippen LogP contribution in [0.3, 0.4) is 0 Å². The predicted molar refractivity (Wildman–Crippen MR) is 84.9 cm³/mol. The Hall–Kier alpha value is -1.67. The summed E-state index contributed by atoms with van der Waals surface area (Å²) in [5.41, 5.74) is 0. The van der Waals surface area contributed by atoms with E-state index >= 15 is 0 Å². The van der Waals surface area contributed by atoms with Gasteiger partial charge in [-0.1, -0.05) is 13.8 Å². The highest BCUT2D eigenvalue weighted by Gasteiger charge is 2.23. The van der Waals surface area contributed by atoms with Crippen molar-refractivity contribution in [2.24, 2.45) is 5.92 Å². The summed E-state index contributed by atoms with van der Waals surface area (Å²) in [6.07, 6.45) is 1.39. The zero-order valence-electron chi connectivity index (χ0n) is 12.9. The van der Waals surface area contributed by atoms with Crippen LogP contribution in [0.25, 0.3) is 0 Å². The number of aromatic nitrogens is 1. The van der Waals surface area contributed by atoms with Gasteiger partial charge < -0.3 is 15.0 Å². The van der Waals surface area contributed by atoms with Crippen molar-refractivity contribution in [2.45, 2.75) is 13.8 Å². The average Bonchev–Trinajstić information content (AvgIpc) is 2.98. The van der Waals surface area contributed by atoms with Gasteiger partial charge in [0.2, 0.25) is 5.91 Å². The third-order valence-electron chi connectivity index (χ3n) is 3.22. The summed E-state index contributed by atoms with van der Waals surface area (Å²) >= 11 is 1.39. The molecular weight excluding hydrogens is 304 g/mol. The van der Waals surface area contributed by atoms with E-state index in [9.17, 15) is 9.59 Å². The van der Waals surface area contributed by atoms with Gasteiger partial charge in [-0.3, -0.25) is 9.69 Å². The first-order valence-electron chi connectivity index (χ1n) is 7.38. The Morgan fingerprint density at radius 1 is 1.36 bits per heavy atom. The standard InChI is InChI=1S/C14H22N4O3S/c1-11(2)10-21-14(20)18-6-4-17(5-7-18)9-12(19)16-13-15-3-8-22-13/h3,8,11H,4-7,9-10H2,1-2H3,(H,15,16,19). The SMILES string of the molecule is CC(C)COC(=O)N1CCN(CC(=O)Nc2nccs2)CC1. The van der Waals surface area contributed by atoms with Gasteiger partial charge in [0.15, 0.2) is 5.13 Å². The molecule has 1 saturated heterocycles. The molecule has 2 rings (SSSR count). The number of hydrogen-bond acceptors (Lipinski definition) is 6. The smallest absolute Gasteiger partial charge is 0.409 e. The summed E-state index contributed by atoms with van der Waals surface area (Å²) in [5.74, 6) is 0.255. The summed E-state index contributed by atoms with van der Waals surface area (Å²) < 4.78 is 5.21. The van der Waals surface area contributed by atoms with Crippen LogP contribution in [0, 0.1) is 5.92 Å². The number of nitrogens with zero attached hydrogens (tertiary/aromatic N) is 3. The largest absolute Gasteiger partial charge is 0.449 e. The maximum absolute atomic E-state index is 11.9. The molecule has 0 aromatic carbocycles. The minimum absolute atomic E-state index is 0.0780. The highest BCUT2D eigenvalue weighted by Crippen LogP contribution is 2.10. The van der Waals surface area contributed by atoms with Gasteiger partial charge in [-0.2, -0.15) is 0 Å². The fourth-order valence-corrected chi connectivity index (χ4v) is 2.61. The highest BCUT2D eigenvalue weighted by molar-refractivity contribution is 7.13. The van der Waals surface area contributed by atoms with Crippen molar-refractivity contribution in [1.29, 1.82) is 0 Å². The van der Waals surface area contributed by atoms with Crippen molar-refractivity contribution in [3.05, 3.63) is 11.6 Å².